The molecule has 0 unspecified atom stereocenters. The lowest BCUT2D eigenvalue weighted by molar-refractivity contribution is 0.0232. The summed E-state index contributed by atoms with van der Waals surface area (Å²) in [5, 5.41) is 21.2. The van der Waals surface area contributed by atoms with Crippen molar-refractivity contribution < 1.29 is 19.4 Å². The Kier molecular flexibility index (Phi) is 4.04. The normalized spacial score (nSPS) is 23.5. The van der Waals surface area contributed by atoms with Crippen molar-refractivity contribution in [2.24, 2.45) is 5.92 Å². The summed E-state index contributed by atoms with van der Waals surface area (Å²) >= 11 is 0. The van der Waals surface area contributed by atoms with Crippen LogP contribution in [0.1, 0.15) is 36.5 Å². The third-order valence-corrected chi connectivity index (χ3v) is 3.68. The SMILES string of the molecule is CC[C@H](NC(=O)c1ccc(O)c(F)c1)C1CC(O)C1. The van der Waals surface area contributed by atoms with E-state index >= 15 is 0 Å². The summed E-state index contributed by atoms with van der Waals surface area (Å²) in [6.45, 7) is 1.97. The molecular formula is C14H18FNO3. The van der Waals surface area contributed by atoms with E-state index in [0.29, 0.717) is 12.8 Å². The Morgan fingerprint density at radius 3 is 2.74 bits per heavy atom. The predicted molar refractivity (Wildman–Crippen MR) is 68.3 cm³/mol. The number of nitrogens with one attached hydrogen (secondary N) is 1. The number of rotatable bonds is 4. The zero-order chi connectivity index (χ0) is 14.0. The Morgan fingerprint density at radius 2 is 2.21 bits per heavy atom. The van der Waals surface area contributed by atoms with Gasteiger partial charge in [0.1, 0.15) is 0 Å². The molecule has 1 saturated carbocycles. The first-order valence-corrected chi connectivity index (χ1v) is 6.48. The van der Waals surface area contributed by atoms with Gasteiger partial charge in [0.25, 0.3) is 5.91 Å². The van der Waals surface area contributed by atoms with Crippen LogP contribution in [0.25, 0.3) is 0 Å². The third-order valence-electron chi connectivity index (χ3n) is 3.68. The summed E-state index contributed by atoms with van der Waals surface area (Å²) in [6, 6.07) is 3.56. The van der Waals surface area contributed by atoms with E-state index in [4.69, 9.17) is 5.11 Å². The van der Waals surface area contributed by atoms with Gasteiger partial charge in [0.2, 0.25) is 0 Å². The molecule has 1 aromatic carbocycles. The van der Waals surface area contributed by atoms with Crippen molar-refractivity contribution in [1.82, 2.24) is 5.32 Å². The molecular weight excluding hydrogens is 249 g/mol. The predicted octanol–water partition coefficient (Wildman–Crippen LogP) is 1.81. The van der Waals surface area contributed by atoms with Crippen molar-refractivity contribution in [3.8, 4) is 5.75 Å². The molecule has 0 bridgehead atoms. The molecule has 1 aliphatic rings. The fourth-order valence-electron chi connectivity index (χ4n) is 2.41. The summed E-state index contributed by atoms with van der Waals surface area (Å²) in [4.78, 5) is 12.0. The first-order valence-electron chi connectivity index (χ1n) is 6.48. The number of benzene rings is 1. The molecule has 0 aromatic heterocycles. The largest absolute Gasteiger partial charge is 0.505 e. The average molecular weight is 267 g/mol. The second-order valence-corrected chi connectivity index (χ2v) is 5.04. The van der Waals surface area contributed by atoms with E-state index in [-0.39, 0.29) is 29.5 Å². The van der Waals surface area contributed by atoms with Crippen LogP contribution in [0.5, 0.6) is 5.75 Å². The van der Waals surface area contributed by atoms with Crippen molar-refractivity contribution >= 4 is 5.91 Å². The average Bonchev–Trinajstić information content (AvgIpc) is 2.35. The molecule has 2 rings (SSSR count). The van der Waals surface area contributed by atoms with Gasteiger partial charge < -0.3 is 15.5 Å². The number of phenolic OH excluding ortho intramolecular Hbond substituents is 1. The van der Waals surface area contributed by atoms with Crippen LogP contribution in [0, 0.1) is 11.7 Å². The molecule has 0 heterocycles. The lowest BCUT2D eigenvalue weighted by Crippen LogP contribution is -2.46. The molecule has 1 aliphatic carbocycles. The number of hydrogen-bond donors (Lipinski definition) is 3. The first-order chi connectivity index (χ1) is 9.01. The molecule has 0 aliphatic heterocycles. The molecule has 5 heteroatoms. The van der Waals surface area contributed by atoms with E-state index in [1.165, 1.54) is 6.07 Å². The van der Waals surface area contributed by atoms with Gasteiger partial charge in [-0.3, -0.25) is 4.79 Å². The fraction of sp³-hybridized carbons (Fsp3) is 0.500. The summed E-state index contributed by atoms with van der Waals surface area (Å²) in [7, 11) is 0. The number of halogens is 1. The van der Waals surface area contributed by atoms with Gasteiger partial charge in [0.05, 0.1) is 6.10 Å². The maximum Gasteiger partial charge on any atom is 0.251 e. The lowest BCUT2D eigenvalue weighted by Gasteiger charge is -2.37. The second-order valence-electron chi connectivity index (χ2n) is 5.04. The number of aliphatic hydroxyl groups excluding tert-OH is 1. The van der Waals surface area contributed by atoms with Crippen LogP contribution >= 0.6 is 0 Å². The van der Waals surface area contributed by atoms with Crippen molar-refractivity contribution in [3.05, 3.63) is 29.6 Å². The first kappa shape index (κ1) is 13.8. The Balaban J connectivity index is 2.00. The van der Waals surface area contributed by atoms with Gasteiger partial charge in [-0.1, -0.05) is 6.92 Å². The molecule has 4 nitrogen and oxygen atoms in total. The van der Waals surface area contributed by atoms with Gasteiger partial charge in [-0.15, -0.1) is 0 Å². The van der Waals surface area contributed by atoms with E-state index in [1.807, 2.05) is 6.92 Å². The number of carbonyl (C=O) groups excluding carboxylic acids is 1. The van der Waals surface area contributed by atoms with Crippen LogP contribution in [0.3, 0.4) is 0 Å². The monoisotopic (exact) mass is 267 g/mol. The van der Waals surface area contributed by atoms with Crippen LogP contribution < -0.4 is 5.32 Å². The summed E-state index contributed by atoms with van der Waals surface area (Å²) in [5.74, 6) is -1.34. The molecule has 104 valence electrons. The Labute approximate surface area is 111 Å². The van der Waals surface area contributed by atoms with Gasteiger partial charge in [-0.2, -0.15) is 0 Å². The van der Waals surface area contributed by atoms with Gasteiger partial charge in [-0.25, -0.2) is 4.39 Å². The summed E-state index contributed by atoms with van der Waals surface area (Å²) in [5.41, 5.74) is 0.189. The molecule has 1 amide bonds. The van der Waals surface area contributed by atoms with E-state index in [9.17, 15) is 14.3 Å². The highest BCUT2D eigenvalue weighted by atomic mass is 19.1. The maximum atomic E-state index is 13.2. The second kappa shape index (κ2) is 5.57. The topological polar surface area (TPSA) is 69.6 Å². The van der Waals surface area contributed by atoms with E-state index in [2.05, 4.69) is 5.32 Å². The van der Waals surface area contributed by atoms with E-state index in [1.54, 1.807) is 0 Å². The highest BCUT2D eigenvalue weighted by Gasteiger charge is 2.33. The standard InChI is InChI=1S/C14H18FNO3/c1-2-12(9-5-10(17)6-9)16-14(19)8-3-4-13(18)11(15)7-8/h3-4,7,9-10,12,17-18H,2,5-6H2,1H3,(H,16,19)/t9?,10?,12-/m0/s1. The number of aliphatic hydroxyl groups is 1. The Bertz CT molecular complexity index is 472. The molecule has 0 saturated heterocycles. The molecule has 3 N–H and O–H groups in total. The fourth-order valence-corrected chi connectivity index (χ4v) is 2.41. The minimum Gasteiger partial charge on any atom is -0.505 e. The van der Waals surface area contributed by atoms with Crippen LogP contribution in [0.15, 0.2) is 18.2 Å². The van der Waals surface area contributed by atoms with Gasteiger partial charge in [0, 0.05) is 11.6 Å². The number of aromatic hydroxyl groups is 1. The molecule has 19 heavy (non-hydrogen) atoms. The van der Waals surface area contributed by atoms with Crippen LogP contribution in [-0.2, 0) is 0 Å². The van der Waals surface area contributed by atoms with Gasteiger partial charge in [0.15, 0.2) is 11.6 Å². The summed E-state index contributed by atoms with van der Waals surface area (Å²) in [6.07, 6.45) is 1.90. The van der Waals surface area contributed by atoms with Crippen LogP contribution in [-0.4, -0.2) is 28.3 Å². The van der Waals surface area contributed by atoms with Crippen molar-refractivity contribution in [2.75, 3.05) is 0 Å². The van der Waals surface area contributed by atoms with E-state index in [0.717, 1.165) is 18.6 Å². The van der Waals surface area contributed by atoms with Crippen LogP contribution in [0.2, 0.25) is 0 Å². The van der Waals surface area contributed by atoms with Gasteiger partial charge in [-0.05, 0) is 43.4 Å². The number of hydrogen-bond acceptors (Lipinski definition) is 3. The lowest BCUT2D eigenvalue weighted by atomic mass is 9.76. The zero-order valence-corrected chi connectivity index (χ0v) is 10.8. The minimum absolute atomic E-state index is 0.00670. The molecule has 1 atom stereocenters. The third kappa shape index (κ3) is 3.04. The quantitative estimate of drug-likeness (QED) is 0.779. The van der Waals surface area contributed by atoms with Crippen molar-refractivity contribution in [1.29, 1.82) is 0 Å². The minimum atomic E-state index is -0.806. The molecule has 1 aromatic rings. The highest BCUT2D eigenvalue weighted by molar-refractivity contribution is 5.94. The van der Waals surface area contributed by atoms with Crippen LogP contribution in [0.4, 0.5) is 4.39 Å². The smallest absolute Gasteiger partial charge is 0.251 e. The van der Waals surface area contributed by atoms with Crippen molar-refractivity contribution in [2.45, 2.75) is 38.3 Å². The number of amides is 1. The van der Waals surface area contributed by atoms with E-state index < -0.39 is 11.6 Å². The number of phenols is 1. The maximum absolute atomic E-state index is 13.2. The molecule has 0 radical (unpaired) electrons. The zero-order valence-electron chi connectivity index (χ0n) is 10.8. The Hall–Kier alpha value is -1.62. The Morgan fingerprint density at radius 1 is 1.53 bits per heavy atom. The molecule has 0 spiro atoms. The van der Waals surface area contributed by atoms with Crippen molar-refractivity contribution in [3.63, 3.8) is 0 Å². The summed E-state index contributed by atoms with van der Waals surface area (Å²) < 4.78 is 13.2. The highest BCUT2D eigenvalue weighted by Crippen LogP contribution is 2.31. The number of carbonyl (C=O) groups is 1. The van der Waals surface area contributed by atoms with Gasteiger partial charge >= 0.3 is 0 Å². The molecule has 1 fully saturated rings.